The van der Waals surface area contributed by atoms with E-state index in [9.17, 15) is 14.4 Å². The van der Waals surface area contributed by atoms with Gasteiger partial charge in [-0.1, -0.05) is 32.8 Å². The first kappa shape index (κ1) is 16.9. The lowest BCUT2D eigenvalue weighted by Gasteiger charge is -2.21. The SMILES string of the molecule is CCCCC(NC(=O)C(CC)n1ccccc1=O)C(=O)O. The number of aliphatic carboxylic acids is 1. The Bertz CT molecular complexity index is 538. The maximum absolute atomic E-state index is 12.3. The Balaban J connectivity index is 2.86. The van der Waals surface area contributed by atoms with Crippen molar-refractivity contribution in [2.24, 2.45) is 0 Å². The zero-order chi connectivity index (χ0) is 15.8. The number of hydrogen-bond acceptors (Lipinski definition) is 3. The number of carboxylic acid groups (broad SMARTS) is 1. The van der Waals surface area contributed by atoms with Gasteiger partial charge in [-0.05, 0) is 18.9 Å². The van der Waals surface area contributed by atoms with Crippen LogP contribution in [0.2, 0.25) is 0 Å². The van der Waals surface area contributed by atoms with Crippen molar-refractivity contribution in [1.82, 2.24) is 9.88 Å². The Labute approximate surface area is 123 Å². The van der Waals surface area contributed by atoms with Gasteiger partial charge in [-0.2, -0.15) is 0 Å². The third-order valence-corrected chi connectivity index (χ3v) is 3.34. The van der Waals surface area contributed by atoms with Crippen LogP contribution < -0.4 is 10.9 Å². The summed E-state index contributed by atoms with van der Waals surface area (Å²) in [6, 6.07) is 3.04. The van der Waals surface area contributed by atoms with Gasteiger partial charge in [0.2, 0.25) is 5.91 Å². The molecule has 1 heterocycles. The van der Waals surface area contributed by atoms with Crippen LogP contribution in [-0.4, -0.2) is 27.6 Å². The quantitative estimate of drug-likeness (QED) is 0.761. The minimum Gasteiger partial charge on any atom is -0.480 e. The van der Waals surface area contributed by atoms with E-state index in [4.69, 9.17) is 5.11 Å². The van der Waals surface area contributed by atoms with Crippen molar-refractivity contribution in [3.8, 4) is 0 Å². The van der Waals surface area contributed by atoms with Crippen LogP contribution in [0.15, 0.2) is 29.2 Å². The molecule has 2 unspecified atom stereocenters. The summed E-state index contributed by atoms with van der Waals surface area (Å²) >= 11 is 0. The molecule has 0 aliphatic rings. The van der Waals surface area contributed by atoms with Crippen LogP contribution in [0.4, 0.5) is 0 Å². The van der Waals surface area contributed by atoms with Crippen LogP contribution in [-0.2, 0) is 9.59 Å². The smallest absolute Gasteiger partial charge is 0.326 e. The number of nitrogens with one attached hydrogen (secondary N) is 1. The van der Waals surface area contributed by atoms with E-state index in [-0.39, 0.29) is 5.56 Å². The average Bonchev–Trinajstić information content (AvgIpc) is 2.45. The van der Waals surface area contributed by atoms with Gasteiger partial charge in [-0.15, -0.1) is 0 Å². The molecule has 1 rings (SSSR count). The number of amides is 1. The molecule has 0 aliphatic heterocycles. The van der Waals surface area contributed by atoms with E-state index in [1.165, 1.54) is 16.8 Å². The van der Waals surface area contributed by atoms with Crippen molar-refractivity contribution < 1.29 is 14.7 Å². The molecule has 6 heteroatoms. The number of nitrogens with zero attached hydrogens (tertiary/aromatic N) is 1. The molecule has 2 N–H and O–H groups in total. The predicted molar refractivity (Wildman–Crippen MR) is 79.1 cm³/mol. The van der Waals surface area contributed by atoms with Crippen LogP contribution in [0.25, 0.3) is 0 Å². The monoisotopic (exact) mass is 294 g/mol. The van der Waals surface area contributed by atoms with Crippen LogP contribution in [0.5, 0.6) is 0 Å². The number of carboxylic acids is 1. The summed E-state index contributed by atoms with van der Waals surface area (Å²) in [6.45, 7) is 3.74. The van der Waals surface area contributed by atoms with Crippen molar-refractivity contribution in [3.63, 3.8) is 0 Å². The van der Waals surface area contributed by atoms with E-state index in [1.807, 2.05) is 6.92 Å². The van der Waals surface area contributed by atoms with E-state index in [1.54, 1.807) is 19.1 Å². The van der Waals surface area contributed by atoms with Gasteiger partial charge in [-0.3, -0.25) is 9.59 Å². The van der Waals surface area contributed by atoms with E-state index >= 15 is 0 Å². The number of pyridine rings is 1. The van der Waals surface area contributed by atoms with E-state index < -0.39 is 24.0 Å². The van der Waals surface area contributed by atoms with Crippen LogP contribution in [0.3, 0.4) is 0 Å². The van der Waals surface area contributed by atoms with E-state index in [0.29, 0.717) is 12.8 Å². The average molecular weight is 294 g/mol. The van der Waals surface area contributed by atoms with Gasteiger partial charge in [0.1, 0.15) is 12.1 Å². The predicted octanol–water partition coefficient (Wildman–Crippen LogP) is 1.56. The Hall–Kier alpha value is -2.11. The molecule has 0 spiro atoms. The van der Waals surface area contributed by atoms with Gasteiger partial charge >= 0.3 is 5.97 Å². The number of carbonyl (C=O) groups is 2. The lowest BCUT2D eigenvalue weighted by Crippen LogP contribution is -2.45. The van der Waals surface area contributed by atoms with Gasteiger partial charge in [0.05, 0.1) is 0 Å². The molecular formula is C15H22N2O4. The lowest BCUT2D eigenvalue weighted by atomic mass is 10.1. The van der Waals surface area contributed by atoms with Gasteiger partial charge < -0.3 is 15.0 Å². The maximum Gasteiger partial charge on any atom is 0.326 e. The third kappa shape index (κ3) is 4.73. The fourth-order valence-corrected chi connectivity index (χ4v) is 2.14. The summed E-state index contributed by atoms with van der Waals surface area (Å²) in [5.41, 5.74) is -0.278. The molecule has 0 bridgehead atoms. The van der Waals surface area contributed by atoms with Crippen molar-refractivity contribution in [2.45, 2.75) is 51.6 Å². The summed E-state index contributed by atoms with van der Waals surface area (Å²) in [5, 5.41) is 11.7. The molecule has 1 aromatic heterocycles. The number of aromatic nitrogens is 1. The number of carbonyl (C=O) groups excluding carboxylic acids is 1. The Kier molecular flexibility index (Phi) is 6.65. The molecule has 0 radical (unpaired) electrons. The fraction of sp³-hybridized carbons (Fsp3) is 0.533. The minimum absolute atomic E-state index is 0.278. The minimum atomic E-state index is -1.05. The van der Waals surface area contributed by atoms with Crippen LogP contribution in [0, 0.1) is 0 Å². The first-order chi connectivity index (χ1) is 10.0. The second kappa shape index (κ2) is 8.24. The van der Waals surface area contributed by atoms with Crippen molar-refractivity contribution in [1.29, 1.82) is 0 Å². The molecule has 1 amide bonds. The third-order valence-electron chi connectivity index (χ3n) is 3.34. The first-order valence-electron chi connectivity index (χ1n) is 7.21. The van der Waals surface area contributed by atoms with Crippen LogP contribution in [0.1, 0.15) is 45.6 Å². The maximum atomic E-state index is 12.3. The second-order valence-electron chi connectivity index (χ2n) is 4.91. The van der Waals surface area contributed by atoms with Crippen molar-refractivity contribution in [2.75, 3.05) is 0 Å². The summed E-state index contributed by atoms with van der Waals surface area (Å²) < 4.78 is 1.33. The molecule has 1 aromatic rings. The van der Waals surface area contributed by atoms with Gasteiger partial charge in [0.15, 0.2) is 0 Å². The van der Waals surface area contributed by atoms with Crippen molar-refractivity contribution >= 4 is 11.9 Å². The molecule has 6 nitrogen and oxygen atoms in total. The highest BCUT2D eigenvalue weighted by Gasteiger charge is 2.25. The molecule has 2 atom stereocenters. The summed E-state index contributed by atoms with van der Waals surface area (Å²) in [5.74, 6) is -1.48. The zero-order valence-corrected chi connectivity index (χ0v) is 12.4. The van der Waals surface area contributed by atoms with Crippen LogP contribution >= 0.6 is 0 Å². The zero-order valence-electron chi connectivity index (χ0n) is 12.4. The Morgan fingerprint density at radius 2 is 2.05 bits per heavy atom. The highest BCUT2D eigenvalue weighted by molar-refractivity contribution is 5.85. The molecule has 0 saturated heterocycles. The van der Waals surface area contributed by atoms with Gasteiger partial charge in [0.25, 0.3) is 5.56 Å². The summed E-state index contributed by atoms with van der Waals surface area (Å²) in [7, 11) is 0. The fourth-order valence-electron chi connectivity index (χ4n) is 2.14. The van der Waals surface area contributed by atoms with E-state index in [2.05, 4.69) is 5.32 Å². The molecule has 21 heavy (non-hydrogen) atoms. The standard InChI is InChI=1S/C15H22N2O4/c1-3-5-8-11(15(20)21)16-14(19)12(4-2)17-10-7-6-9-13(17)18/h6-7,9-12H,3-5,8H2,1-2H3,(H,16,19)(H,20,21). The molecule has 116 valence electrons. The Morgan fingerprint density at radius 1 is 1.33 bits per heavy atom. The Morgan fingerprint density at radius 3 is 2.57 bits per heavy atom. The number of unbranched alkanes of at least 4 members (excludes halogenated alkanes) is 1. The largest absolute Gasteiger partial charge is 0.480 e. The number of rotatable bonds is 8. The highest BCUT2D eigenvalue weighted by Crippen LogP contribution is 2.10. The lowest BCUT2D eigenvalue weighted by molar-refractivity contribution is -0.142. The molecule has 0 aliphatic carbocycles. The molecule has 0 aromatic carbocycles. The molecule has 0 fully saturated rings. The second-order valence-corrected chi connectivity index (χ2v) is 4.91. The summed E-state index contributed by atoms with van der Waals surface area (Å²) in [6.07, 6.45) is 3.92. The molecule has 0 saturated carbocycles. The molecular weight excluding hydrogens is 272 g/mol. The normalized spacial score (nSPS) is 13.4. The highest BCUT2D eigenvalue weighted by atomic mass is 16.4. The first-order valence-corrected chi connectivity index (χ1v) is 7.21. The van der Waals surface area contributed by atoms with Gasteiger partial charge in [0, 0.05) is 12.3 Å². The summed E-state index contributed by atoms with van der Waals surface area (Å²) in [4.78, 5) is 35.2. The topological polar surface area (TPSA) is 88.4 Å². The number of hydrogen-bond donors (Lipinski definition) is 2. The van der Waals surface area contributed by atoms with E-state index in [0.717, 1.165) is 12.8 Å². The van der Waals surface area contributed by atoms with Crippen molar-refractivity contribution in [3.05, 3.63) is 34.7 Å². The van der Waals surface area contributed by atoms with Gasteiger partial charge in [-0.25, -0.2) is 4.79 Å².